The monoisotopic (exact) mass is 387 g/mol. The lowest BCUT2D eigenvalue weighted by atomic mass is 10.1. The first-order valence-electron chi connectivity index (χ1n) is 9.45. The van der Waals surface area contributed by atoms with Crippen LogP contribution in [-0.2, 0) is 4.74 Å². The maximum Gasteiger partial charge on any atom is 0.165 e. The minimum Gasteiger partial charge on any atom is -0.394 e. The van der Waals surface area contributed by atoms with Crippen LogP contribution in [0.15, 0.2) is 36.7 Å². The van der Waals surface area contributed by atoms with E-state index in [2.05, 4.69) is 17.2 Å². The molecule has 3 heterocycles. The number of rotatable bonds is 5. The first-order valence-corrected chi connectivity index (χ1v) is 9.45. The van der Waals surface area contributed by atoms with Crippen molar-refractivity contribution in [3.63, 3.8) is 0 Å². The fourth-order valence-electron chi connectivity index (χ4n) is 3.84. The molecule has 0 bridgehead atoms. The van der Waals surface area contributed by atoms with E-state index in [1.54, 1.807) is 4.57 Å². The van der Waals surface area contributed by atoms with Gasteiger partial charge in [-0.15, -0.1) is 0 Å². The molecule has 1 aromatic heterocycles. The molecule has 2 aliphatic rings. The van der Waals surface area contributed by atoms with Crippen molar-refractivity contribution in [2.75, 3.05) is 16.8 Å². The summed E-state index contributed by atoms with van der Waals surface area (Å²) in [5.41, 5.74) is 1.33. The van der Waals surface area contributed by atoms with Gasteiger partial charge in [-0.25, -0.2) is 4.98 Å². The zero-order chi connectivity index (χ0) is 19.8. The van der Waals surface area contributed by atoms with E-state index in [4.69, 9.17) is 10.1 Å². The molecule has 9 heteroatoms. The van der Waals surface area contributed by atoms with Gasteiger partial charge in [-0.2, -0.15) is 0 Å². The maximum atomic E-state index is 10.4. The molecule has 5 N–H and O–H groups in total. The van der Waals surface area contributed by atoms with Gasteiger partial charge in [-0.05, 0) is 18.6 Å². The number of nitrogens with one attached hydrogen (secondary N) is 2. The molecule has 4 rings (SSSR count). The summed E-state index contributed by atoms with van der Waals surface area (Å²) in [6.45, 7) is 1.68. The maximum absolute atomic E-state index is 10.4. The summed E-state index contributed by atoms with van der Waals surface area (Å²) < 4.78 is 7.23. The highest BCUT2D eigenvalue weighted by molar-refractivity contribution is 6.11. The molecule has 1 aromatic carbocycles. The topological polar surface area (TPSA) is 127 Å². The van der Waals surface area contributed by atoms with Crippen molar-refractivity contribution in [2.24, 2.45) is 0 Å². The van der Waals surface area contributed by atoms with Gasteiger partial charge in [0.05, 0.1) is 12.9 Å². The average molecular weight is 387 g/mol. The molecule has 1 fully saturated rings. The number of nitrogens with zero attached hydrogens (tertiary/aromatic N) is 3. The van der Waals surface area contributed by atoms with E-state index in [0.717, 1.165) is 18.5 Å². The van der Waals surface area contributed by atoms with Crippen LogP contribution in [0.4, 0.5) is 11.5 Å². The van der Waals surface area contributed by atoms with Crippen molar-refractivity contribution in [1.29, 1.82) is 5.41 Å². The Morgan fingerprint density at radius 1 is 1.21 bits per heavy atom. The van der Waals surface area contributed by atoms with Gasteiger partial charge in [-0.1, -0.05) is 31.5 Å². The van der Waals surface area contributed by atoms with Crippen LogP contribution in [0.5, 0.6) is 0 Å². The third-order valence-electron chi connectivity index (χ3n) is 5.26. The summed E-state index contributed by atoms with van der Waals surface area (Å²) in [7, 11) is 0. The van der Waals surface area contributed by atoms with Crippen LogP contribution in [-0.4, -0.2) is 61.8 Å². The van der Waals surface area contributed by atoms with E-state index in [1.165, 1.54) is 6.33 Å². The molecule has 2 aromatic rings. The molecular formula is C19H25N5O4. The minimum absolute atomic E-state index is 0.167. The Labute approximate surface area is 162 Å². The number of ether oxygens (including phenoxy) is 1. The Hall–Kier alpha value is -2.46. The van der Waals surface area contributed by atoms with Crippen LogP contribution in [0.2, 0.25) is 0 Å². The molecular weight excluding hydrogens is 362 g/mol. The molecule has 9 nitrogen and oxygen atoms in total. The van der Waals surface area contributed by atoms with Gasteiger partial charge in [0.15, 0.2) is 12.1 Å². The van der Waals surface area contributed by atoms with E-state index < -0.39 is 31.1 Å². The second kappa shape index (κ2) is 7.51. The fourth-order valence-corrected chi connectivity index (χ4v) is 3.84. The second-order valence-corrected chi connectivity index (χ2v) is 7.08. The van der Waals surface area contributed by atoms with Crippen LogP contribution in [0, 0.1) is 5.41 Å². The largest absolute Gasteiger partial charge is 0.394 e. The van der Waals surface area contributed by atoms with Crippen molar-refractivity contribution in [3.8, 4) is 0 Å². The summed E-state index contributed by atoms with van der Waals surface area (Å²) in [6.07, 6.45) is -1.14. The van der Waals surface area contributed by atoms with Crippen molar-refractivity contribution in [3.05, 3.63) is 42.4 Å². The highest BCUT2D eigenvalue weighted by Crippen LogP contribution is 2.36. The van der Waals surface area contributed by atoms with Gasteiger partial charge in [0.25, 0.3) is 0 Å². The molecule has 0 amide bonds. The highest BCUT2D eigenvalue weighted by atomic mass is 16.6. The molecule has 0 saturated carbocycles. The number of para-hydroxylation sites is 1. The standard InChI is InChI=1S/C19H25N5O4/c1-2-6-13-22-18-14(17(20)24(13)11-7-4-3-5-8-11)21-10-23(18)19-16(27)15(26)12(9-25)28-19/h3-5,7-8,10,12-13,15-16,19-20,22,25-27H,2,6,9H2,1H3/t12-,13+,15-,16-,19-/m1/s1. The minimum atomic E-state index is -1.21. The Balaban J connectivity index is 1.71. The van der Waals surface area contributed by atoms with Crippen LogP contribution < -0.4 is 10.2 Å². The zero-order valence-electron chi connectivity index (χ0n) is 15.6. The van der Waals surface area contributed by atoms with Crippen LogP contribution >= 0.6 is 0 Å². The Kier molecular flexibility index (Phi) is 5.07. The molecule has 28 heavy (non-hydrogen) atoms. The number of aliphatic hydroxyl groups excluding tert-OH is 3. The van der Waals surface area contributed by atoms with E-state index in [-0.39, 0.29) is 12.0 Å². The predicted molar refractivity (Wildman–Crippen MR) is 103 cm³/mol. The average Bonchev–Trinajstić information content (AvgIpc) is 3.24. The third kappa shape index (κ3) is 2.96. The Morgan fingerprint density at radius 2 is 1.96 bits per heavy atom. The van der Waals surface area contributed by atoms with Crippen molar-refractivity contribution in [1.82, 2.24) is 9.55 Å². The number of aromatic nitrogens is 2. The van der Waals surface area contributed by atoms with Gasteiger partial charge in [0, 0.05) is 5.69 Å². The molecule has 0 radical (unpaired) electrons. The number of hydrogen-bond acceptors (Lipinski definition) is 7. The van der Waals surface area contributed by atoms with Crippen LogP contribution in [0.3, 0.4) is 0 Å². The molecule has 5 atom stereocenters. The quantitative estimate of drug-likeness (QED) is 0.515. The molecule has 1 saturated heterocycles. The van der Waals surface area contributed by atoms with Crippen LogP contribution in [0.25, 0.3) is 0 Å². The number of hydrogen-bond donors (Lipinski definition) is 5. The number of imidazole rings is 1. The molecule has 0 spiro atoms. The van der Waals surface area contributed by atoms with Crippen LogP contribution in [0.1, 0.15) is 31.7 Å². The Bertz CT molecular complexity index is 842. The second-order valence-electron chi connectivity index (χ2n) is 7.08. The summed E-state index contributed by atoms with van der Waals surface area (Å²) in [6, 6.07) is 9.69. The van der Waals surface area contributed by atoms with E-state index in [0.29, 0.717) is 11.5 Å². The smallest absolute Gasteiger partial charge is 0.165 e. The number of anilines is 2. The molecule has 0 unspecified atom stereocenters. The molecule has 0 aliphatic carbocycles. The first kappa shape index (κ1) is 18.9. The number of fused-ring (bicyclic) bond motifs is 1. The summed E-state index contributed by atoms with van der Waals surface area (Å²) in [4.78, 5) is 6.27. The number of benzene rings is 1. The summed E-state index contributed by atoms with van der Waals surface area (Å²) in [5.74, 6) is 0.814. The zero-order valence-corrected chi connectivity index (χ0v) is 15.6. The van der Waals surface area contributed by atoms with Gasteiger partial charge >= 0.3 is 0 Å². The number of amidine groups is 1. The lowest BCUT2D eigenvalue weighted by molar-refractivity contribution is -0.0519. The van der Waals surface area contributed by atoms with Gasteiger partial charge < -0.3 is 30.3 Å². The number of aliphatic hydroxyl groups is 3. The summed E-state index contributed by atoms with van der Waals surface area (Å²) >= 11 is 0. The van der Waals surface area contributed by atoms with Crippen molar-refractivity contribution in [2.45, 2.75) is 50.5 Å². The lowest BCUT2D eigenvalue weighted by Crippen LogP contribution is -2.49. The highest BCUT2D eigenvalue weighted by Gasteiger charge is 2.45. The lowest BCUT2D eigenvalue weighted by Gasteiger charge is -2.39. The predicted octanol–water partition coefficient (Wildman–Crippen LogP) is 0.878. The van der Waals surface area contributed by atoms with E-state index >= 15 is 0 Å². The summed E-state index contributed by atoms with van der Waals surface area (Å²) in [5, 5.41) is 41.9. The van der Waals surface area contributed by atoms with E-state index in [9.17, 15) is 15.3 Å². The van der Waals surface area contributed by atoms with Gasteiger partial charge in [0.1, 0.15) is 36.0 Å². The fraction of sp³-hybridized carbons (Fsp3) is 0.474. The normalized spacial score (nSPS) is 29.6. The van der Waals surface area contributed by atoms with Crippen molar-refractivity contribution < 1.29 is 20.1 Å². The SMILES string of the molecule is CCC[C@H]1Nc2c(ncn2[C@@H]2O[C@H](CO)[C@@H](O)[C@H]2O)C(=N)N1c1ccccc1. The third-order valence-corrected chi connectivity index (χ3v) is 5.26. The van der Waals surface area contributed by atoms with E-state index in [1.807, 2.05) is 35.2 Å². The van der Waals surface area contributed by atoms with Crippen molar-refractivity contribution >= 4 is 17.3 Å². The Morgan fingerprint density at radius 3 is 2.61 bits per heavy atom. The first-order chi connectivity index (χ1) is 13.6. The van der Waals surface area contributed by atoms with Gasteiger partial charge in [0.2, 0.25) is 0 Å². The molecule has 2 aliphatic heterocycles. The van der Waals surface area contributed by atoms with Gasteiger partial charge in [-0.3, -0.25) is 9.98 Å². The molecule has 150 valence electrons.